The molecule has 1 aliphatic heterocycles. The lowest BCUT2D eigenvalue weighted by Crippen LogP contribution is -2.29. The summed E-state index contributed by atoms with van der Waals surface area (Å²) >= 11 is 12.2. The van der Waals surface area contributed by atoms with Gasteiger partial charge in [-0.2, -0.15) is 10.1 Å². The molecule has 1 aliphatic rings. The van der Waals surface area contributed by atoms with Gasteiger partial charge in [0.1, 0.15) is 24.5 Å². The number of fused-ring (bicyclic) bond motifs is 1. The molecular weight excluding hydrogens is 394 g/mol. The molecule has 1 aromatic heterocycles. The van der Waals surface area contributed by atoms with Crippen molar-refractivity contribution in [2.45, 2.75) is 19.1 Å². The lowest BCUT2D eigenvalue weighted by Gasteiger charge is -2.25. The molecule has 0 aliphatic carbocycles. The number of benzene rings is 2. The maximum absolute atomic E-state index is 14.0. The summed E-state index contributed by atoms with van der Waals surface area (Å²) in [5, 5.41) is 7.59. The minimum Gasteiger partial charge on any atom is -0.488 e. The molecule has 27 heavy (non-hydrogen) atoms. The van der Waals surface area contributed by atoms with Gasteiger partial charge in [0.15, 0.2) is 0 Å². The van der Waals surface area contributed by atoms with Crippen molar-refractivity contribution in [1.82, 2.24) is 14.8 Å². The Labute approximate surface area is 163 Å². The lowest BCUT2D eigenvalue weighted by atomic mass is 10.0. The first-order chi connectivity index (χ1) is 13.0. The fourth-order valence-electron chi connectivity index (χ4n) is 2.98. The van der Waals surface area contributed by atoms with Crippen molar-refractivity contribution < 1.29 is 13.9 Å². The van der Waals surface area contributed by atoms with Crippen LogP contribution in [0.3, 0.4) is 0 Å². The number of nitrogens with one attached hydrogen (secondary N) is 1. The Bertz CT molecular complexity index is 1000. The molecule has 9 heteroatoms. The summed E-state index contributed by atoms with van der Waals surface area (Å²) in [4.78, 5) is 16.1. The van der Waals surface area contributed by atoms with Crippen LogP contribution in [0.1, 0.15) is 23.6 Å². The molecule has 1 atom stereocenters. The molecule has 1 amide bonds. The minimum atomic E-state index is -0.450. The van der Waals surface area contributed by atoms with Gasteiger partial charge in [0.2, 0.25) is 11.9 Å². The van der Waals surface area contributed by atoms with Crippen LogP contribution >= 0.6 is 23.2 Å². The molecule has 1 N–H and O–H groups in total. The molecule has 2 heterocycles. The molecule has 0 bridgehead atoms. The highest BCUT2D eigenvalue weighted by atomic mass is 35.5. The Hall–Kier alpha value is -2.64. The van der Waals surface area contributed by atoms with Gasteiger partial charge in [-0.25, -0.2) is 9.07 Å². The highest BCUT2D eigenvalue weighted by Crippen LogP contribution is 2.36. The van der Waals surface area contributed by atoms with Gasteiger partial charge in [-0.1, -0.05) is 29.3 Å². The number of carbonyl (C=O) groups is 1. The molecule has 0 radical (unpaired) electrons. The zero-order valence-electron chi connectivity index (χ0n) is 13.8. The molecule has 0 unspecified atom stereocenters. The van der Waals surface area contributed by atoms with Gasteiger partial charge in [0.05, 0.1) is 17.5 Å². The number of halogens is 3. The summed E-state index contributed by atoms with van der Waals surface area (Å²) < 4.78 is 21.5. The second kappa shape index (κ2) is 7.17. The second-order valence-electron chi connectivity index (χ2n) is 5.97. The zero-order chi connectivity index (χ0) is 19.0. The molecule has 0 saturated carbocycles. The predicted molar refractivity (Wildman–Crippen MR) is 98.6 cm³/mol. The summed E-state index contributed by atoms with van der Waals surface area (Å²) in [6.07, 6.45) is 1.51. The second-order valence-corrected chi connectivity index (χ2v) is 6.81. The van der Waals surface area contributed by atoms with E-state index in [1.807, 2.05) is 0 Å². The van der Waals surface area contributed by atoms with E-state index in [0.717, 1.165) is 0 Å². The largest absolute Gasteiger partial charge is 0.488 e. The summed E-state index contributed by atoms with van der Waals surface area (Å²) in [7, 11) is 0. The van der Waals surface area contributed by atoms with Gasteiger partial charge in [-0.3, -0.25) is 10.1 Å². The number of nitrogens with zero attached hydrogens (tertiary/aromatic N) is 3. The molecule has 3 aromatic rings. The van der Waals surface area contributed by atoms with E-state index in [1.165, 1.54) is 18.5 Å². The highest BCUT2D eigenvalue weighted by molar-refractivity contribution is 6.31. The highest BCUT2D eigenvalue weighted by Gasteiger charge is 2.30. The summed E-state index contributed by atoms with van der Waals surface area (Å²) in [6.45, 7) is -0.0662. The fourth-order valence-corrected chi connectivity index (χ4v) is 3.38. The number of anilines is 1. The van der Waals surface area contributed by atoms with Gasteiger partial charge < -0.3 is 4.74 Å². The molecule has 0 spiro atoms. The van der Waals surface area contributed by atoms with Crippen LogP contribution in [0.15, 0.2) is 42.7 Å². The SMILES string of the molecule is O=C1C[C@@H](c2cc(Cl)ccc2OCc2c(F)cccc2Cl)n2ncnc2N1. The molecule has 4 rings (SSSR count). The predicted octanol–water partition coefficient (Wildman–Crippen LogP) is 4.23. The summed E-state index contributed by atoms with van der Waals surface area (Å²) in [5.41, 5.74) is 0.902. The van der Waals surface area contributed by atoms with Crippen molar-refractivity contribution in [1.29, 1.82) is 0 Å². The van der Waals surface area contributed by atoms with E-state index in [2.05, 4.69) is 15.4 Å². The lowest BCUT2D eigenvalue weighted by molar-refractivity contribution is -0.117. The van der Waals surface area contributed by atoms with Crippen molar-refractivity contribution in [3.05, 3.63) is 69.7 Å². The van der Waals surface area contributed by atoms with Crippen LogP contribution in [0, 0.1) is 5.82 Å². The zero-order valence-corrected chi connectivity index (χ0v) is 15.3. The number of carbonyl (C=O) groups excluding carboxylic acids is 1. The number of amides is 1. The average Bonchev–Trinajstić information content (AvgIpc) is 3.10. The van der Waals surface area contributed by atoms with Crippen molar-refractivity contribution in [3.8, 4) is 5.75 Å². The first-order valence-electron chi connectivity index (χ1n) is 8.07. The van der Waals surface area contributed by atoms with Crippen molar-refractivity contribution in [2.24, 2.45) is 0 Å². The normalized spacial score (nSPS) is 16.0. The molecule has 6 nitrogen and oxygen atoms in total. The van der Waals surface area contributed by atoms with Crippen LogP contribution in [0.25, 0.3) is 0 Å². The number of ether oxygens (including phenoxy) is 1. The first-order valence-corrected chi connectivity index (χ1v) is 8.83. The van der Waals surface area contributed by atoms with Crippen LogP contribution in [0.2, 0.25) is 10.0 Å². The molecule has 2 aromatic carbocycles. The maximum Gasteiger partial charge on any atom is 0.229 e. The number of hydrogen-bond acceptors (Lipinski definition) is 4. The topological polar surface area (TPSA) is 69.0 Å². The molecule has 0 fully saturated rings. The third kappa shape index (κ3) is 3.48. The van der Waals surface area contributed by atoms with Gasteiger partial charge in [-0.15, -0.1) is 0 Å². The van der Waals surface area contributed by atoms with Crippen LogP contribution in [-0.4, -0.2) is 20.7 Å². The standard InChI is InChI=1S/C18H13Cl2FN4O2/c19-10-4-5-16(27-8-12-13(20)2-1-3-14(12)21)11(6-10)15-7-17(26)24-18-22-9-23-25(15)18/h1-6,9,15H,7-8H2,(H,22,23,24,26)/t15-/m0/s1. The first kappa shape index (κ1) is 17.8. The summed E-state index contributed by atoms with van der Waals surface area (Å²) in [6, 6.07) is 9.04. The quantitative estimate of drug-likeness (QED) is 0.703. The Kier molecular flexibility index (Phi) is 4.72. The van der Waals surface area contributed by atoms with Gasteiger partial charge in [0, 0.05) is 16.1 Å². The molecule has 138 valence electrons. The number of rotatable bonds is 4. The molecular formula is C18H13Cl2FN4O2. The van der Waals surface area contributed by atoms with Gasteiger partial charge >= 0.3 is 0 Å². The van der Waals surface area contributed by atoms with E-state index in [-0.39, 0.29) is 29.5 Å². The minimum absolute atomic E-state index is 0.0662. The van der Waals surface area contributed by atoms with Crippen LogP contribution in [0.4, 0.5) is 10.3 Å². The van der Waals surface area contributed by atoms with Crippen LogP contribution in [-0.2, 0) is 11.4 Å². The van der Waals surface area contributed by atoms with Crippen LogP contribution < -0.4 is 10.1 Å². The smallest absolute Gasteiger partial charge is 0.229 e. The van der Waals surface area contributed by atoms with Crippen molar-refractivity contribution in [3.63, 3.8) is 0 Å². The monoisotopic (exact) mass is 406 g/mol. The average molecular weight is 407 g/mol. The third-order valence-electron chi connectivity index (χ3n) is 4.26. The Morgan fingerprint density at radius 1 is 1.30 bits per heavy atom. The van der Waals surface area contributed by atoms with Crippen LogP contribution in [0.5, 0.6) is 5.75 Å². The fraction of sp³-hybridized carbons (Fsp3) is 0.167. The van der Waals surface area contributed by atoms with E-state index in [0.29, 0.717) is 22.3 Å². The third-order valence-corrected chi connectivity index (χ3v) is 4.85. The van der Waals surface area contributed by atoms with E-state index in [1.54, 1.807) is 28.9 Å². The Morgan fingerprint density at radius 2 is 2.15 bits per heavy atom. The van der Waals surface area contributed by atoms with Crippen molar-refractivity contribution >= 4 is 35.1 Å². The Morgan fingerprint density at radius 3 is 2.96 bits per heavy atom. The molecule has 0 saturated heterocycles. The van der Waals surface area contributed by atoms with E-state index in [9.17, 15) is 9.18 Å². The van der Waals surface area contributed by atoms with E-state index >= 15 is 0 Å². The van der Waals surface area contributed by atoms with Gasteiger partial charge in [0.25, 0.3) is 0 Å². The Balaban J connectivity index is 1.69. The van der Waals surface area contributed by atoms with E-state index < -0.39 is 11.9 Å². The summed E-state index contributed by atoms with van der Waals surface area (Å²) in [5.74, 6) is 0.163. The maximum atomic E-state index is 14.0. The van der Waals surface area contributed by atoms with Crippen molar-refractivity contribution in [2.75, 3.05) is 5.32 Å². The number of aromatic nitrogens is 3. The van der Waals surface area contributed by atoms with E-state index in [4.69, 9.17) is 27.9 Å². The van der Waals surface area contributed by atoms with Gasteiger partial charge in [-0.05, 0) is 30.3 Å². The number of hydrogen-bond donors (Lipinski definition) is 1.